The first-order chi connectivity index (χ1) is 11.2. The van der Waals surface area contributed by atoms with Gasteiger partial charge in [0.15, 0.2) is 0 Å². The van der Waals surface area contributed by atoms with Gasteiger partial charge in [0.05, 0.1) is 7.11 Å². The number of hydrogen-bond donors (Lipinski definition) is 1. The summed E-state index contributed by atoms with van der Waals surface area (Å²) in [6, 6.07) is 7.40. The molecule has 5 rings (SSSR count). The number of amides is 1. The van der Waals surface area contributed by atoms with Crippen molar-refractivity contribution in [3.05, 3.63) is 29.8 Å². The summed E-state index contributed by atoms with van der Waals surface area (Å²) in [5.74, 6) is 3.67. The second-order valence-electron chi connectivity index (χ2n) is 8.16. The highest BCUT2D eigenvalue weighted by atomic mass is 16.5. The van der Waals surface area contributed by atoms with Crippen molar-refractivity contribution in [3.63, 3.8) is 0 Å². The van der Waals surface area contributed by atoms with Crippen molar-refractivity contribution in [1.29, 1.82) is 0 Å². The zero-order valence-corrected chi connectivity index (χ0v) is 14.0. The van der Waals surface area contributed by atoms with E-state index in [4.69, 9.17) is 4.74 Å². The lowest BCUT2D eigenvalue weighted by molar-refractivity contribution is 0.0614. The molecule has 0 spiro atoms. The molecular formula is C20H27NO2. The van der Waals surface area contributed by atoms with Crippen LogP contribution in [-0.4, -0.2) is 19.6 Å². The third-order valence-electron chi connectivity index (χ3n) is 6.50. The predicted molar refractivity (Wildman–Crippen MR) is 90.5 cm³/mol. The molecule has 1 aromatic carbocycles. The molecule has 1 N–H and O–H groups in total. The SMILES string of the molecule is COc1ccc(C(=O)NCC23CCC4C[C@H](C[C@@H](C4)C2)C3)cc1. The molecule has 4 bridgehead atoms. The molecule has 4 saturated carbocycles. The fourth-order valence-corrected chi connectivity index (χ4v) is 5.64. The van der Waals surface area contributed by atoms with Gasteiger partial charge in [0, 0.05) is 12.1 Å². The highest BCUT2D eigenvalue weighted by molar-refractivity contribution is 5.94. The molecule has 4 aliphatic rings. The summed E-state index contributed by atoms with van der Waals surface area (Å²) < 4.78 is 5.16. The van der Waals surface area contributed by atoms with Gasteiger partial charge in [0.1, 0.15) is 5.75 Å². The third-order valence-corrected chi connectivity index (χ3v) is 6.50. The summed E-state index contributed by atoms with van der Waals surface area (Å²) in [6.07, 6.45) is 9.71. The normalized spacial score (nSPS) is 34.9. The van der Waals surface area contributed by atoms with E-state index in [1.165, 1.54) is 44.9 Å². The Kier molecular flexibility index (Phi) is 3.82. The number of benzene rings is 1. The Morgan fingerprint density at radius 2 is 1.78 bits per heavy atom. The summed E-state index contributed by atoms with van der Waals surface area (Å²) in [4.78, 5) is 12.5. The molecule has 0 unspecified atom stereocenters. The van der Waals surface area contributed by atoms with Crippen LogP contribution in [0.15, 0.2) is 24.3 Å². The molecule has 4 fully saturated rings. The van der Waals surface area contributed by atoms with Gasteiger partial charge in [0.2, 0.25) is 0 Å². The highest BCUT2D eigenvalue weighted by Crippen LogP contribution is 2.56. The zero-order chi connectivity index (χ0) is 15.9. The van der Waals surface area contributed by atoms with Crippen LogP contribution in [0.4, 0.5) is 0 Å². The lowest BCUT2D eigenvalue weighted by Gasteiger charge is -2.45. The van der Waals surface area contributed by atoms with Gasteiger partial charge in [-0.15, -0.1) is 0 Å². The number of carbonyl (C=O) groups is 1. The van der Waals surface area contributed by atoms with E-state index >= 15 is 0 Å². The first-order valence-corrected chi connectivity index (χ1v) is 9.08. The van der Waals surface area contributed by atoms with Crippen molar-refractivity contribution in [2.75, 3.05) is 13.7 Å². The number of hydrogen-bond acceptors (Lipinski definition) is 2. The van der Waals surface area contributed by atoms with Crippen molar-refractivity contribution in [2.24, 2.45) is 23.2 Å². The molecule has 4 aliphatic carbocycles. The molecule has 2 atom stereocenters. The van der Waals surface area contributed by atoms with Crippen molar-refractivity contribution in [2.45, 2.75) is 44.9 Å². The molecule has 0 saturated heterocycles. The molecule has 0 aliphatic heterocycles. The van der Waals surface area contributed by atoms with Crippen LogP contribution in [0.1, 0.15) is 55.3 Å². The molecule has 0 heterocycles. The Morgan fingerprint density at radius 1 is 1.13 bits per heavy atom. The maximum Gasteiger partial charge on any atom is 0.251 e. The van der Waals surface area contributed by atoms with Gasteiger partial charge < -0.3 is 10.1 Å². The van der Waals surface area contributed by atoms with Crippen LogP contribution in [0.3, 0.4) is 0 Å². The van der Waals surface area contributed by atoms with Crippen LogP contribution < -0.4 is 10.1 Å². The molecule has 23 heavy (non-hydrogen) atoms. The number of fused-ring (bicyclic) bond motifs is 1. The number of nitrogens with one attached hydrogen (secondary N) is 1. The van der Waals surface area contributed by atoms with Gasteiger partial charge in [-0.2, -0.15) is 0 Å². The van der Waals surface area contributed by atoms with Crippen LogP contribution in [0, 0.1) is 23.2 Å². The Bertz CT molecular complexity index is 566. The smallest absolute Gasteiger partial charge is 0.251 e. The first kappa shape index (κ1) is 15.0. The van der Waals surface area contributed by atoms with Crippen molar-refractivity contribution in [3.8, 4) is 5.75 Å². The van der Waals surface area contributed by atoms with E-state index in [0.717, 1.165) is 35.6 Å². The Morgan fingerprint density at radius 3 is 2.43 bits per heavy atom. The van der Waals surface area contributed by atoms with Gasteiger partial charge in [-0.3, -0.25) is 4.79 Å². The lowest BCUT2D eigenvalue weighted by Crippen LogP contribution is -2.42. The van der Waals surface area contributed by atoms with Crippen molar-refractivity contribution >= 4 is 5.91 Å². The molecule has 0 aromatic heterocycles. The molecule has 124 valence electrons. The van der Waals surface area contributed by atoms with Crippen LogP contribution >= 0.6 is 0 Å². The summed E-state index contributed by atoms with van der Waals surface area (Å²) >= 11 is 0. The van der Waals surface area contributed by atoms with E-state index in [1.807, 2.05) is 24.3 Å². The van der Waals surface area contributed by atoms with Crippen LogP contribution in [0.2, 0.25) is 0 Å². The largest absolute Gasteiger partial charge is 0.497 e. The number of methoxy groups -OCH3 is 1. The fourth-order valence-electron chi connectivity index (χ4n) is 5.64. The van der Waals surface area contributed by atoms with E-state index < -0.39 is 0 Å². The molecule has 3 heteroatoms. The Hall–Kier alpha value is -1.51. The maximum atomic E-state index is 12.5. The third kappa shape index (κ3) is 2.98. The van der Waals surface area contributed by atoms with Gasteiger partial charge in [-0.25, -0.2) is 0 Å². The molecule has 1 aromatic rings. The number of ether oxygens (including phenoxy) is 1. The van der Waals surface area contributed by atoms with E-state index in [9.17, 15) is 4.79 Å². The minimum absolute atomic E-state index is 0.0562. The fraction of sp³-hybridized carbons (Fsp3) is 0.650. The van der Waals surface area contributed by atoms with E-state index in [-0.39, 0.29) is 5.91 Å². The predicted octanol–water partition coefficient (Wildman–Crippen LogP) is 4.03. The molecule has 3 nitrogen and oxygen atoms in total. The van der Waals surface area contributed by atoms with Gasteiger partial charge >= 0.3 is 0 Å². The summed E-state index contributed by atoms with van der Waals surface area (Å²) in [5.41, 5.74) is 1.11. The van der Waals surface area contributed by atoms with Crippen LogP contribution in [-0.2, 0) is 0 Å². The number of rotatable bonds is 4. The highest BCUT2D eigenvalue weighted by Gasteiger charge is 2.47. The van der Waals surface area contributed by atoms with Crippen molar-refractivity contribution < 1.29 is 9.53 Å². The van der Waals surface area contributed by atoms with E-state index in [1.54, 1.807) is 7.11 Å². The summed E-state index contributed by atoms with van der Waals surface area (Å²) in [7, 11) is 1.64. The topological polar surface area (TPSA) is 38.3 Å². The van der Waals surface area contributed by atoms with Gasteiger partial charge in [-0.1, -0.05) is 0 Å². The summed E-state index contributed by atoms with van der Waals surface area (Å²) in [5, 5.41) is 3.24. The summed E-state index contributed by atoms with van der Waals surface area (Å²) in [6.45, 7) is 0.859. The second-order valence-corrected chi connectivity index (χ2v) is 8.16. The minimum atomic E-state index is 0.0562. The molecular weight excluding hydrogens is 286 g/mol. The quantitative estimate of drug-likeness (QED) is 0.911. The Balaban J connectivity index is 1.42. The lowest BCUT2D eigenvalue weighted by atomic mass is 9.61. The minimum Gasteiger partial charge on any atom is -0.497 e. The maximum absolute atomic E-state index is 12.5. The zero-order valence-electron chi connectivity index (χ0n) is 14.0. The average molecular weight is 313 g/mol. The second kappa shape index (κ2) is 5.85. The monoisotopic (exact) mass is 313 g/mol. The van der Waals surface area contributed by atoms with E-state index in [0.29, 0.717) is 5.41 Å². The van der Waals surface area contributed by atoms with Crippen LogP contribution in [0.5, 0.6) is 5.75 Å². The van der Waals surface area contributed by atoms with Crippen molar-refractivity contribution in [1.82, 2.24) is 5.32 Å². The molecule has 0 radical (unpaired) electrons. The standard InChI is InChI=1S/C20H27NO2/c1-23-18-4-2-17(3-5-18)19(22)21-13-20-7-6-14-8-15(11-20)10-16(9-14)12-20/h2-5,14-16H,6-13H2,1H3,(H,21,22)/t14?,15-,16-,20?/m1/s1. The molecule has 1 amide bonds. The van der Waals surface area contributed by atoms with Gasteiger partial charge in [-0.05, 0) is 92.4 Å². The van der Waals surface area contributed by atoms with Crippen LogP contribution in [0.25, 0.3) is 0 Å². The first-order valence-electron chi connectivity index (χ1n) is 9.08. The van der Waals surface area contributed by atoms with Gasteiger partial charge in [0.25, 0.3) is 5.91 Å². The average Bonchev–Trinajstić information content (AvgIpc) is 2.77. The Labute approximate surface area is 138 Å². The number of carbonyl (C=O) groups excluding carboxylic acids is 1. The van der Waals surface area contributed by atoms with E-state index in [2.05, 4.69) is 5.32 Å².